The van der Waals surface area contributed by atoms with E-state index in [0.29, 0.717) is 11.3 Å². The second kappa shape index (κ2) is 8.12. The Bertz CT molecular complexity index is 844. The Balaban J connectivity index is 1.63. The minimum atomic E-state index is -0.672. The molecular weight excluding hydrogens is 340 g/mol. The fourth-order valence-electron chi connectivity index (χ4n) is 3.23. The van der Waals surface area contributed by atoms with E-state index in [4.69, 9.17) is 5.73 Å². The molecule has 2 amide bonds. The van der Waals surface area contributed by atoms with E-state index in [2.05, 4.69) is 21.6 Å². The molecule has 0 aliphatic carbocycles. The summed E-state index contributed by atoms with van der Waals surface area (Å²) in [5.74, 6) is -0.572. The molecule has 0 radical (unpaired) electrons. The lowest BCUT2D eigenvalue weighted by atomic mass is 10.1. The Morgan fingerprint density at radius 3 is 2.59 bits per heavy atom. The van der Waals surface area contributed by atoms with Crippen LogP contribution in [0.25, 0.3) is 0 Å². The summed E-state index contributed by atoms with van der Waals surface area (Å²) in [5, 5.41) is 5.62. The third-order valence-electron chi connectivity index (χ3n) is 4.83. The Kier molecular flexibility index (Phi) is 5.64. The van der Waals surface area contributed by atoms with Gasteiger partial charge in [-0.3, -0.25) is 9.59 Å². The van der Waals surface area contributed by atoms with E-state index >= 15 is 0 Å². The van der Waals surface area contributed by atoms with E-state index in [9.17, 15) is 9.59 Å². The van der Waals surface area contributed by atoms with Gasteiger partial charge in [0.05, 0.1) is 0 Å². The number of nitrogen functional groups attached to an aromatic ring is 1. The highest BCUT2D eigenvalue weighted by Gasteiger charge is 2.19. The second-order valence-electron chi connectivity index (χ2n) is 7.00. The van der Waals surface area contributed by atoms with Gasteiger partial charge in [-0.25, -0.2) is 0 Å². The number of benzene rings is 2. The number of nitrogens with one attached hydrogen (secondary N) is 2. The van der Waals surface area contributed by atoms with Gasteiger partial charge < -0.3 is 21.3 Å². The third-order valence-corrected chi connectivity index (χ3v) is 4.83. The average Bonchev–Trinajstić information content (AvgIpc) is 3.18. The summed E-state index contributed by atoms with van der Waals surface area (Å²) >= 11 is 0. The van der Waals surface area contributed by atoms with Crippen LogP contribution in [0, 0.1) is 6.92 Å². The maximum absolute atomic E-state index is 12.5. The molecule has 2 aromatic rings. The molecule has 6 nitrogen and oxygen atoms in total. The smallest absolute Gasteiger partial charge is 0.252 e. The van der Waals surface area contributed by atoms with E-state index in [1.807, 2.05) is 25.1 Å². The number of aryl methyl sites for hydroxylation is 1. The van der Waals surface area contributed by atoms with Crippen LogP contribution in [0.3, 0.4) is 0 Å². The summed E-state index contributed by atoms with van der Waals surface area (Å²) in [6, 6.07) is 12.3. The van der Waals surface area contributed by atoms with Crippen LogP contribution in [0.4, 0.5) is 17.1 Å². The predicted octanol–water partition coefficient (Wildman–Crippen LogP) is 2.93. The van der Waals surface area contributed by atoms with Crippen molar-refractivity contribution in [2.75, 3.05) is 29.0 Å². The van der Waals surface area contributed by atoms with Crippen molar-refractivity contribution in [2.24, 2.45) is 0 Å². The van der Waals surface area contributed by atoms with Crippen LogP contribution in [-0.4, -0.2) is 30.9 Å². The van der Waals surface area contributed by atoms with Crippen LogP contribution in [0.5, 0.6) is 0 Å². The first-order valence-corrected chi connectivity index (χ1v) is 9.27. The summed E-state index contributed by atoms with van der Waals surface area (Å²) in [4.78, 5) is 27.3. The normalized spacial score (nSPS) is 14.7. The summed E-state index contributed by atoms with van der Waals surface area (Å²) in [6.45, 7) is 5.59. The van der Waals surface area contributed by atoms with Crippen LogP contribution >= 0.6 is 0 Å². The lowest BCUT2D eigenvalue weighted by Gasteiger charge is -2.19. The van der Waals surface area contributed by atoms with Gasteiger partial charge in [0.2, 0.25) is 5.91 Å². The molecule has 1 unspecified atom stereocenters. The predicted molar refractivity (Wildman–Crippen MR) is 109 cm³/mol. The van der Waals surface area contributed by atoms with E-state index in [1.165, 1.54) is 12.8 Å². The molecular formula is C21H26N4O2. The number of hydrogen-bond acceptors (Lipinski definition) is 4. The van der Waals surface area contributed by atoms with Crippen LogP contribution < -0.4 is 21.3 Å². The SMILES string of the molecule is Cc1ccc(N)cc1C(=O)NC(C)C(=O)Nc1cccc(N2CCCC2)c1. The molecule has 27 heavy (non-hydrogen) atoms. The van der Waals surface area contributed by atoms with Crippen LogP contribution in [-0.2, 0) is 4.79 Å². The van der Waals surface area contributed by atoms with Crippen molar-refractivity contribution in [2.45, 2.75) is 32.7 Å². The minimum Gasteiger partial charge on any atom is -0.399 e. The molecule has 0 bridgehead atoms. The third kappa shape index (κ3) is 4.58. The number of anilines is 3. The zero-order valence-corrected chi connectivity index (χ0v) is 15.8. The summed E-state index contributed by atoms with van der Waals surface area (Å²) in [6.07, 6.45) is 2.39. The van der Waals surface area contributed by atoms with E-state index in [0.717, 1.165) is 30.0 Å². The Morgan fingerprint density at radius 2 is 1.85 bits per heavy atom. The molecule has 2 aromatic carbocycles. The molecule has 1 aliphatic heterocycles. The molecule has 0 saturated carbocycles. The topological polar surface area (TPSA) is 87.5 Å². The fraction of sp³-hybridized carbons (Fsp3) is 0.333. The number of hydrogen-bond donors (Lipinski definition) is 3. The van der Waals surface area contributed by atoms with E-state index in [1.54, 1.807) is 25.1 Å². The zero-order chi connectivity index (χ0) is 19.4. The van der Waals surface area contributed by atoms with Gasteiger partial charge in [-0.15, -0.1) is 0 Å². The molecule has 1 atom stereocenters. The summed E-state index contributed by atoms with van der Waals surface area (Å²) in [7, 11) is 0. The van der Waals surface area contributed by atoms with Gasteiger partial charge in [0.1, 0.15) is 6.04 Å². The highest BCUT2D eigenvalue weighted by Crippen LogP contribution is 2.23. The zero-order valence-electron chi connectivity index (χ0n) is 15.8. The van der Waals surface area contributed by atoms with Crippen molar-refractivity contribution in [3.8, 4) is 0 Å². The molecule has 3 rings (SSSR count). The molecule has 1 aliphatic rings. The maximum Gasteiger partial charge on any atom is 0.252 e. The summed E-state index contributed by atoms with van der Waals surface area (Å²) < 4.78 is 0. The number of nitrogens with two attached hydrogens (primary N) is 1. The minimum absolute atomic E-state index is 0.261. The Labute approximate surface area is 159 Å². The van der Waals surface area contributed by atoms with Crippen molar-refractivity contribution in [1.29, 1.82) is 0 Å². The van der Waals surface area contributed by atoms with Gasteiger partial charge in [-0.1, -0.05) is 12.1 Å². The first-order chi connectivity index (χ1) is 12.9. The fourth-order valence-corrected chi connectivity index (χ4v) is 3.23. The van der Waals surface area contributed by atoms with E-state index in [-0.39, 0.29) is 11.8 Å². The highest BCUT2D eigenvalue weighted by molar-refractivity contribution is 6.02. The number of nitrogens with zero attached hydrogens (tertiary/aromatic N) is 1. The van der Waals surface area contributed by atoms with Crippen molar-refractivity contribution in [3.63, 3.8) is 0 Å². The molecule has 1 heterocycles. The van der Waals surface area contributed by atoms with Gasteiger partial charge in [-0.2, -0.15) is 0 Å². The first-order valence-electron chi connectivity index (χ1n) is 9.27. The molecule has 4 N–H and O–H groups in total. The molecule has 1 saturated heterocycles. The molecule has 0 aromatic heterocycles. The number of amides is 2. The standard InChI is InChI=1S/C21H26N4O2/c1-14-8-9-16(22)12-19(14)21(27)23-15(2)20(26)24-17-6-5-7-18(13-17)25-10-3-4-11-25/h5-9,12-13,15H,3-4,10-11,22H2,1-2H3,(H,23,27)(H,24,26). The van der Waals surface area contributed by atoms with Gasteiger partial charge >= 0.3 is 0 Å². The van der Waals surface area contributed by atoms with E-state index < -0.39 is 6.04 Å². The summed E-state index contributed by atoms with van der Waals surface area (Å²) in [5.41, 5.74) is 9.40. The Hall–Kier alpha value is -3.02. The van der Waals surface area contributed by atoms with Crippen molar-refractivity contribution in [3.05, 3.63) is 53.6 Å². The van der Waals surface area contributed by atoms with Gasteiger partial charge in [0.25, 0.3) is 5.91 Å². The van der Waals surface area contributed by atoms with Crippen molar-refractivity contribution < 1.29 is 9.59 Å². The monoisotopic (exact) mass is 366 g/mol. The molecule has 1 fully saturated rings. The Morgan fingerprint density at radius 1 is 1.11 bits per heavy atom. The number of carbonyl (C=O) groups is 2. The molecule has 0 spiro atoms. The van der Waals surface area contributed by atoms with Crippen molar-refractivity contribution >= 4 is 28.9 Å². The number of rotatable bonds is 5. The quantitative estimate of drug-likeness (QED) is 0.710. The largest absolute Gasteiger partial charge is 0.399 e. The van der Waals surface area contributed by atoms with Crippen LogP contribution in [0.1, 0.15) is 35.7 Å². The van der Waals surface area contributed by atoms with Gasteiger partial charge in [0, 0.05) is 35.7 Å². The molecule has 6 heteroatoms. The lowest BCUT2D eigenvalue weighted by molar-refractivity contribution is -0.117. The number of carbonyl (C=O) groups excluding carboxylic acids is 2. The van der Waals surface area contributed by atoms with Gasteiger partial charge in [-0.05, 0) is 62.6 Å². The first kappa shape index (κ1) is 18.8. The second-order valence-corrected chi connectivity index (χ2v) is 7.00. The van der Waals surface area contributed by atoms with Gasteiger partial charge in [0.15, 0.2) is 0 Å². The maximum atomic E-state index is 12.5. The highest BCUT2D eigenvalue weighted by atomic mass is 16.2. The van der Waals surface area contributed by atoms with Crippen LogP contribution in [0.2, 0.25) is 0 Å². The lowest BCUT2D eigenvalue weighted by Crippen LogP contribution is -2.41. The average molecular weight is 366 g/mol. The molecule has 142 valence electrons. The van der Waals surface area contributed by atoms with Crippen molar-refractivity contribution in [1.82, 2.24) is 5.32 Å². The van der Waals surface area contributed by atoms with Crippen LogP contribution in [0.15, 0.2) is 42.5 Å².